The third kappa shape index (κ3) is 5.33. The van der Waals surface area contributed by atoms with Crippen molar-refractivity contribution in [3.8, 4) is 44.5 Å². The molecule has 0 fully saturated rings. The lowest BCUT2D eigenvalue weighted by atomic mass is 9.81. The molecule has 0 amide bonds. The van der Waals surface area contributed by atoms with Gasteiger partial charge < -0.3 is 0 Å². The number of hydrogen-bond acceptors (Lipinski definition) is 0. The first-order valence-electron chi connectivity index (χ1n) is 18.0. The van der Waals surface area contributed by atoms with Crippen molar-refractivity contribution >= 4 is 21.5 Å². The zero-order chi connectivity index (χ0) is 33.7. The van der Waals surface area contributed by atoms with Crippen LogP contribution in [0.25, 0.3) is 66.1 Å². The third-order valence-corrected chi connectivity index (χ3v) is 11.0. The summed E-state index contributed by atoms with van der Waals surface area (Å²) in [5.74, 6) is 0. The lowest BCUT2D eigenvalue weighted by molar-refractivity contribution is 0.658. The highest BCUT2D eigenvalue weighted by atomic mass is 14.4. The summed E-state index contributed by atoms with van der Waals surface area (Å²) in [6, 6.07) is 62.9. The molecule has 0 unspecified atom stereocenters. The first kappa shape index (κ1) is 30.3. The van der Waals surface area contributed by atoms with Gasteiger partial charge in [-0.2, -0.15) is 0 Å². The van der Waals surface area contributed by atoms with Crippen molar-refractivity contribution in [2.24, 2.45) is 0 Å². The monoisotopic (exact) mass is 640 g/mol. The van der Waals surface area contributed by atoms with Crippen molar-refractivity contribution in [2.75, 3.05) is 0 Å². The van der Waals surface area contributed by atoms with Crippen molar-refractivity contribution < 1.29 is 0 Å². The van der Waals surface area contributed by atoms with Crippen LogP contribution in [0.1, 0.15) is 42.5 Å². The summed E-state index contributed by atoms with van der Waals surface area (Å²) in [5.41, 5.74) is 16.0. The topological polar surface area (TPSA) is 0 Å². The first-order chi connectivity index (χ1) is 24.5. The van der Waals surface area contributed by atoms with Crippen LogP contribution in [0.3, 0.4) is 0 Å². The van der Waals surface area contributed by atoms with Crippen molar-refractivity contribution in [2.45, 2.75) is 38.5 Å². The van der Waals surface area contributed by atoms with Crippen LogP contribution in [0, 0.1) is 0 Å². The van der Waals surface area contributed by atoms with E-state index in [1.165, 1.54) is 88.3 Å². The molecule has 0 nitrogen and oxygen atoms in total. The van der Waals surface area contributed by atoms with Crippen molar-refractivity contribution in [1.82, 2.24) is 0 Å². The minimum Gasteiger partial charge on any atom is -0.0622 e. The SMILES string of the molecule is CC1(C)c2cc(CCCc3cc4ccccc4c4ccccc34)ccc2-c2ccc(-c3ccc(-c4ccc(-c5ccccc5)cc4)cc3)cc21. The number of benzene rings is 8. The fourth-order valence-electron chi connectivity index (χ4n) is 8.28. The Bertz CT molecular complexity index is 2500. The van der Waals surface area contributed by atoms with E-state index in [1.807, 2.05) is 0 Å². The second kappa shape index (κ2) is 12.3. The molecule has 8 aromatic rings. The van der Waals surface area contributed by atoms with Gasteiger partial charge in [-0.05, 0) is 114 Å². The fourth-order valence-corrected chi connectivity index (χ4v) is 8.28. The molecule has 0 N–H and O–H groups in total. The van der Waals surface area contributed by atoms with E-state index >= 15 is 0 Å². The molecular weight excluding hydrogens is 601 g/mol. The number of aryl methyl sites for hydroxylation is 2. The van der Waals surface area contributed by atoms with Gasteiger partial charge in [0.2, 0.25) is 0 Å². The molecule has 0 saturated carbocycles. The van der Waals surface area contributed by atoms with Gasteiger partial charge in [0.05, 0.1) is 0 Å². The molecule has 0 bridgehead atoms. The zero-order valence-corrected chi connectivity index (χ0v) is 28.8. The van der Waals surface area contributed by atoms with E-state index in [0.29, 0.717) is 0 Å². The van der Waals surface area contributed by atoms with Gasteiger partial charge in [0.15, 0.2) is 0 Å². The van der Waals surface area contributed by atoms with E-state index in [4.69, 9.17) is 0 Å². The van der Waals surface area contributed by atoms with Crippen LogP contribution >= 0.6 is 0 Å². The summed E-state index contributed by atoms with van der Waals surface area (Å²) >= 11 is 0. The van der Waals surface area contributed by atoms with Crippen LogP contribution in [-0.2, 0) is 18.3 Å². The van der Waals surface area contributed by atoms with Crippen LogP contribution in [0.2, 0.25) is 0 Å². The molecule has 0 radical (unpaired) electrons. The predicted octanol–water partition coefficient (Wildman–Crippen LogP) is 13.5. The standard InChI is InChI=1S/C50H40/c1-50(2)48-31-34(11-10-15-42-32-41-14-6-7-16-43(41)45-18-9-8-17-44(42)45)19-29-46(48)47-30-28-40(33-49(47)50)39-26-24-38(25-27-39)37-22-20-36(21-23-37)35-12-4-3-5-13-35/h3-9,12-14,16-33H,10-11,15H2,1-2H3. The van der Waals surface area contributed by atoms with Gasteiger partial charge in [0, 0.05) is 5.41 Å². The number of rotatable bonds is 7. The Morgan fingerprint density at radius 2 is 0.880 bits per heavy atom. The van der Waals surface area contributed by atoms with Crippen molar-refractivity contribution in [1.29, 1.82) is 0 Å². The fraction of sp³-hybridized carbons (Fsp3) is 0.120. The molecule has 0 heterocycles. The maximum Gasteiger partial charge on any atom is 0.0159 e. The van der Waals surface area contributed by atoms with E-state index in [1.54, 1.807) is 0 Å². The van der Waals surface area contributed by atoms with Crippen LogP contribution in [0.4, 0.5) is 0 Å². The van der Waals surface area contributed by atoms with Crippen LogP contribution in [0.15, 0.2) is 170 Å². The molecule has 1 aliphatic rings. The largest absolute Gasteiger partial charge is 0.0622 e. The van der Waals surface area contributed by atoms with E-state index in [-0.39, 0.29) is 5.41 Å². The second-order valence-corrected chi connectivity index (χ2v) is 14.4. The molecule has 50 heavy (non-hydrogen) atoms. The summed E-state index contributed by atoms with van der Waals surface area (Å²) < 4.78 is 0. The maximum absolute atomic E-state index is 2.49. The van der Waals surface area contributed by atoms with Gasteiger partial charge in [0.25, 0.3) is 0 Å². The molecule has 0 aromatic heterocycles. The third-order valence-electron chi connectivity index (χ3n) is 11.0. The smallest absolute Gasteiger partial charge is 0.0159 e. The Morgan fingerprint density at radius 1 is 0.380 bits per heavy atom. The van der Waals surface area contributed by atoms with Gasteiger partial charge in [-0.15, -0.1) is 0 Å². The van der Waals surface area contributed by atoms with Gasteiger partial charge in [-0.3, -0.25) is 0 Å². The predicted molar refractivity (Wildman–Crippen MR) is 214 cm³/mol. The lowest BCUT2D eigenvalue weighted by Crippen LogP contribution is -2.15. The zero-order valence-electron chi connectivity index (χ0n) is 28.8. The summed E-state index contributed by atoms with van der Waals surface area (Å²) in [4.78, 5) is 0. The minimum atomic E-state index is -0.0499. The average molecular weight is 641 g/mol. The molecule has 0 saturated heterocycles. The summed E-state index contributed by atoms with van der Waals surface area (Å²) in [6.45, 7) is 4.79. The first-order valence-corrected chi connectivity index (χ1v) is 18.0. The van der Waals surface area contributed by atoms with Crippen LogP contribution in [0.5, 0.6) is 0 Å². The molecule has 240 valence electrons. The Kier molecular flexibility index (Phi) is 7.47. The highest BCUT2D eigenvalue weighted by Gasteiger charge is 2.35. The highest BCUT2D eigenvalue weighted by molar-refractivity contribution is 6.09. The van der Waals surface area contributed by atoms with E-state index in [2.05, 4.69) is 184 Å². The average Bonchev–Trinajstić information content (AvgIpc) is 3.40. The van der Waals surface area contributed by atoms with Crippen LogP contribution < -0.4 is 0 Å². The van der Waals surface area contributed by atoms with Crippen molar-refractivity contribution in [3.05, 3.63) is 192 Å². The molecule has 0 atom stereocenters. The van der Waals surface area contributed by atoms with Gasteiger partial charge in [0.1, 0.15) is 0 Å². The highest BCUT2D eigenvalue weighted by Crippen LogP contribution is 2.50. The van der Waals surface area contributed by atoms with E-state index < -0.39 is 0 Å². The van der Waals surface area contributed by atoms with E-state index in [0.717, 1.165) is 19.3 Å². The quantitative estimate of drug-likeness (QED) is 0.152. The Balaban J connectivity index is 0.927. The lowest BCUT2D eigenvalue weighted by Gasteiger charge is -2.22. The summed E-state index contributed by atoms with van der Waals surface area (Å²) in [5, 5.41) is 5.43. The van der Waals surface area contributed by atoms with Crippen molar-refractivity contribution in [3.63, 3.8) is 0 Å². The second-order valence-electron chi connectivity index (χ2n) is 14.4. The molecule has 0 heteroatoms. The molecule has 0 spiro atoms. The molecule has 9 rings (SSSR count). The summed E-state index contributed by atoms with van der Waals surface area (Å²) in [7, 11) is 0. The minimum absolute atomic E-state index is 0.0499. The molecule has 1 aliphatic carbocycles. The van der Waals surface area contributed by atoms with Gasteiger partial charge in [-0.1, -0.05) is 178 Å². The molecule has 8 aromatic carbocycles. The molecule has 0 aliphatic heterocycles. The Hall–Kier alpha value is -5.72. The summed E-state index contributed by atoms with van der Waals surface area (Å²) in [6.07, 6.45) is 3.28. The maximum atomic E-state index is 2.49. The normalized spacial score (nSPS) is 13.0. The van der Waals surface area contributed by atoms with Crippen LogP contribution in [-0.4, -0.2) is 0 Å². The molecular formula is C50H40. The van der Waals surface area contributed by atoms with Gasteiger partial charge in [-0.25, -0.2) is 0 Å². The number of fused-ring (bicyclic) bond motifs is 6. The van der Waals surface area contributed by atoms with E-state index in [9.17, 15) is 0 Å². The van der Waals surface area contributed by atoms with Gasteiger partial charge >= 0.3 is 0 Å². The number of hydrogen-bond donors (Lipinski definition) is 0. The Morgan fingerprint density at radius 3 is 1.56 bits per heavy atom. The Labute approximate surface area is 295 Å².